The van der Waals surface area contributed by atoms with Crippen molar-refractivity contribution >= 4 is 5.97 Å². The van der Waals surface area contributed by atoms with Crippen LogP contribution in [0.5, 0.6) is 11.5 Å². The lowest BCUT2D eigenvalue weighted by Gasteiger charge is -2.27. The molecule has 4 heteroatoms. The minimum Gasteiger partial charge on any atom is -0.478 e. The van der Waals surface area contributed by atoms with Gasteiger partial charge in [0.05, 0.1) is 0 Å². The minimum absolute atomic E-state index is 0.0705. The van der Waals surface area contributed by atoms with Crippen LogP contribution in [-0.4, -0.2) is 17.9 Å². The molecule has 0 aliphatic rings. The Bertz CT molecular complexity index is 961. The fraction of sp³-hybridized carbons (Fsp3) is 0.208. The van der Waals surface area contributed by atoms with Crippen molar-refractivity contribution in [1.29, 1.82) is 0 Å². The Morgan fingerprint density at radius 2 is 1.57 bits per heavy atom. The van der Waals surface area contributed by atoms with E-state index in [0.717, 1.165) is 11.1 Å². The summed E-state index contributed by atoms with van der Waals surface area (Å²) in [6.07, 6.45) is 0. The molecule has 144 valence electrons. The molecular weight excluding hydrogens is 352 g/mol. The Balaban J connectivity index is 1.77. The highest BCUT2D eigenvalue weighted by Crippen LogP contribution is 2.34. The molecule has 28 heavy (non-hydrogen) atoms. The van der Waals surface area contributed by atoms with Crippen LogP contribution in [0.1, 0.15) is 40.9 Å². The predicted molar refractivity (Wildman–Crippen MR) is 109 cm³/mol. The maximum absolute atomic E-state index is 11.3. The molecule has 0 fully saturated rings. The molecule has 0 unspecified atom stereocenters. The van der Waals surface area contributed by atoms with Crippen LogP contribution in [0.2, 0.25) is 0 Å². The van der Waals surface area contributed by atoms with Crippen molar-refractivity contribution in [3.63, 3.8) is 0 Å². The van der Waals surface area contributed by atoms with Gasteiger partial charge < -0.3 is 14.6 Å². The summed E-state index contributed by atoms with van der Waals surface area (Å²) < 4.78 is 11.3. The molecule has 0 amide bonds. The van der Waals surface area contributed by atoms with Crippen LogP contribution < -0.4 is 9.47 Å². The first-order chi connectivity index (χ1) is 13.4. The van der Waals surface area contributed by atoms with Crippen LogP contribution in [0, 0.1) is 6.92 Å². The number of hydrogen-bond donors (Lipinski definition) is 1. The van der Waals surface area contributed by atoms with Crippen molar-refractivity contribution in [3.8, 4) is 11.5 Å². The lowest BCUT2D eigenvalue weighted by molar-refractivity contribution is 0.0682. The third-order valence-electron chi connectivity index (χ3n) is 4.83. The molecule has 0 aromatic heterocycles. The summed E-state index contributed by atoms with van der Waals surface area (Å²) in [5.74, 6) is -0.0580. The number of ether oxygens (including phenoxy) is 2. The SMILES string of the molecule is Cc1cc(OCOc2ccccc2C(=O)O)cc(C(C)(C)c2ccccc2)c1. The lowest BCUT2D eigenvalue weighted by atomic mass is 9.77. The van der Waals surface area contributed by atoms with Crippen LogP contribution in [0.3, 0.4) is 0 Å². The zero-order valence-electron chi connectivity index (χ0n) is 16.3. The van der Waals surface area contributed by atoms with Crippen LogP contribution in [0.4, 0.5) is 0 Å². The third kappa shape index (κ3) is 4.34. The maximum Gasteiger partial charge on any atom is 0.339 e. The Kier molecular flexibility index (Phi) is 5.69. The Labute approximate surface area is 165 Å². The Morgan fingerprint density at radius 3 is 2.29 bits per heavy atom. The van der Waals surface area contributed by atoms with Crippen molar-refractivity contribution in [2.75, 3.05) is 6.79 Å². The van der Waals surface area contributed by atoms with Gasteiger partial charge in [-0.15, -0.1) is 0 Å². The van der Waals surface area contributed by atoms with Crippen LogP contribution >= 0.6 is 0 Å². The molecule has 0 spiro atoms. The van der Waals surface area contributed by atoms with Gasteiger partial charge in [-0.25, -0.2) is 4.79 Å². The first kappa shape index (κ1) is 19.5. The van der Waals surface area contributed by atoms with E-state index in [4.69, 9.17) is 9.47 Å². The van der Waals surface area contributed by atoms with Gasteiger partial charge in [-0.05, 0) is 47.9 Å². The second-order valence-electron chi connectivity index (χ2n) is 7.23. The van der Waals surface area contributed by atoms with Gasteiger partial charge >= 0.3 is 5.97 Å². The quantitative estimate of drug-likeness (QED) is 0.558. The molecule has 0 atom stereocenters. The van der Waals surface area contributed by atoms with Crippen molar-refractivity contribution in [2.24, 2.45) is 0 Å². The summed E-state index contributed by atoms with van der Waals surface area (Å²) in [5, 5.41) is 9.23. The van der Waals surface area contributed by atoms with Crippen LogP contribution in [0.15, 0.2) is 72.8 Å². The normalized spacial score (nSPS) is 11.1. The maximum atomic E-state index is 11.3. The number of aryl methyl sites for hydroxylation is 1. The van der Waals surface area contributed by atoms with E-state index in [-0.39, 0.29) is 23.5 Å². The standard InChI is InChI=1S/C24H24O4/c1-17-13-19(24(2,3)18-9-5-4-6-10-18)15-20(14-17)27-16-28-22-12-8-7-11-21(22)23(25)26/h4-15H,16H2,1-3H3,(H,25,26). The molecule has 0 heterocycles. The number of para-hydroxylation sites is 1. The molecular formula is C24H24O4. The van der Waals surface area contributed by atoms with E-state index in [1.807, 2.05) is 37.3 Å². The van der Waals surface area contributed by atoms with Gasteiger partial charge in [0.2, 0.25) is 6.79 Å². The smallest absolute Gasteiger partial charge is 0.339 e. The topological polar surface area (TPSA) is 55.8 Å². The second-order valence-corrected chi connectivity index (χ2v) is 7.23. The van der Waals surface area contributed by atoms with Crippen molar-refractivity contribution < 1.29 is 19.4 Å². The van der Waals surface area contributed by atoms with Gasteiger partial charge in [0.25, 0.3) is 0 Å². The van der Waals surface area contributed by atoms with Gasteiger partial charge in [0.15, 0.2) is 0 Å². The first-order valence-corrected chi connectivity index (χ1v) is 9.13. The lowest BCUT2D eigenvalue weighted by Crippen LogP contribution is -2.19. The van der Waals surface area contributed by atoms with E-state index in [1.165, 1.54) is 11.6 Å². The predicted octanol–water partition coefficient (Wildman–Crippen LogP) is 5.43. The van der Waals surface area contributed by atoms with Gasteiger partial charge in [-0.2, -0.15) is 0 Å². The average Bonchev–Trinajstić information content (AvgIpc) is 2.68. The molecule has 4 nitrogen and oxygen atoms in total. The monoisotopic (exact) mass is 376 g/mol. The van der Waals surface area contributed by atoms with E-state index < -0.39 is 5.97 Å². The number of carbonyl (C=O) groups is 1. The van der Waals surface area contributed by atoms with Crippen molar-refractivity contribution in [2.45, 2.75) is 26.2 Å². The zero-order chi connectivity index (χ0) is 20.1. The fourth-order valence-corrected chi connectivity index (χ4v) is 3.14. The summed E-state index contributed by atoms with van der Waals surface area (Å²) in [7, 11) is 0. The Hall–Kier alpha value is -3.27. The first-order valence-electron chi connectivity index (χ1n) is 9.13. The van der Waals surface area contributed by atoms with Gasteiger partial charge in [0.1, 0.15) is 17.1 Å². The van der Waals surface area contributed by atoms with Crippen LogP contribution in [0.25, 0.3) is 0 Å². The summed E-state index contributed by atoms with van der Waals surface area (Å²) in [6.45, 7) is 6.32. The van der Waals surface area contributed by atoms with E-state index in [1.54, 1.807) is 18.2 Å². The van der Waals surface area contributed by atoms with E-state index >= 15 is 0 Å². The molecule has 0 radical (unpaired) electrons. The summed E-state index contributed by atoms with van der Waals surface area (Å²) in [6, 6.07) is 22.9. The number of benzene rings is 3. The van der Waals surface area contributed by atoms with Crippen molar-refractivity contribution in [3.05, 3.63) is 95.1 Å². The molecule has 3 rings (SSSR count). The molecule has 1 N–H and O–H groups in total. The number of aromatic carboxylic acids is 1. The fourth-order valence-electron chi connectivity index (χ4n) is 3.14. The average molecular weight is 376 g/mol. The number of carboxylic acids is 1. The molecule has 3 aromatic rings. The van der Waals surface area contributed by atoms with Gasteiger partial charge in [-0.1, -0.05) is 62.4 Å². The van der Waals surface area contributed by atoms with Gasteiger partial charge in [-0.3, -0.25) is 0 Å². The summed E-state index contributed by atoms with van der Waals surface area (Å²) >= 11 is 0. The van der Waals surface area contributed by atoms with Crippen LogP contribution in [-0.2, 0) is 5.41 Å². The molecule has 0 saturated carbocycles. The Morgan fingerprint density at radius 1 is 0.893 bits per heavy atom. The molecule has 3 aromatic carbocycles. The highest BCUT2D eigenvalue weighted by Gasteiger charge is 2.23. The number of hydrogen-bond acceptors (Lipinski definition) is 3. The molecule has 0 saturated heterocycles. The highest BCUT2D eigenvalue weighted by molar-refractivity contribution is 5.90. The van der Waals surface area contributed by atoms with Gasteiger partial charge in [0, 0.05) is 5.41 Å². The summed E-state index contributed by atoms with van der Waals surface area (Å²) in [4.78, 5) is 11.3. The zero-order valence-corrected chi connectivity index (χ0v) is 16.3. The molecule has 0 aliphatic heterocycles. The van der Waals surface area contributed by atoms with E-state index in [0.29, 0.717) is 5.75 Å². The highest BCUT2D eigenvalue weighted by atomic mass is 16.7. The molecule has 0 bridgehead atoms. The number of rotatable bonds is 7. The number of carboxylic acid groups (broad SMARTS) is 1. The second kappa shape index (κ2) is 8.17. The largest absolute Gasteiger partial charge is 0.478 e. The van der Waals surface area contributed by atoms with E-state index in [9.17, 15) is 9.90 Å². The minimum atomic E-state index is -1.03. The van der Waals surface area contributed by atoms with Crippen molar-refractivity contribution in [1.82, 2.24) is 0 Å². The third-order valence-corrected chi connectivity index (χ3v) is 4.83. The summed E-state index contributed by atoms with van der Waals surface area (Å²) in [5.41, 5.74) is 3.38. The van der Waals surface area contributed by atoms with E-state index in [2.05, 4.69) is 32.0 Å². The molecule has 0 aliphatic carbocycles.